The number of carboxylic acids is 2. The van der Waals surface area contributed by atoms with Gasteiger partial charge in [-0.15, -0.1) is 0 Å². The first-order chi connectivity index (χ1) is 5.89. The molecule has 0 atom stereocenters. The van der Waals surface area contributed by atoms with Gasteiger partial charge in [-0.3, -0.25) is 0 Å². The Morgan fingerprint density at radius 3 is 0.800 bits per heavy atom. The third-order valence-corrected chi connectivity index (χ3v) is 3.11. The molecule has 0 aliphatic carbocycles. The average Bonchev–Trinajstić information content (AvgIpc) is 1.83. The molecule has 0 aromatic heterocycles. The average molecular weight is 986 g/mol. The molecule has 0 aliphatic rings. The van der Waals surface area contributed by atoms with Crippen LogP contribution in [0.25, 0.3) is 0 Å². The van der Waals surface area contributed by atoms with Gasteiger partial charge >= 0.3 is 27.3 Å². The third-order valence-electron chi connectivity index (χ3n) is 0.463. The van der Waals surface area contributed by atoms with Crippen molar-refractivity contribution in [1.29, 1.82) is 0 Å². The van der Waals surface area contributed by atoms with E-state index in [9.17, 15) is 19.8 Å². The Morgan fingerprint density at radius 2 is 0.800 bits per heavy atom. The molecule has 0 aliphatic heterocycles. The molecule has 0 aromatic rings. The van der Waals surface area contributed by atoms with Crippen molar-refractivity contribution in [2.24, 2.45) is 0 Å². The second-order valence-electron chi connectivity index (χ2n) is 1.57. The van der Waals surface area contributed by atoms with E-state index in [-0.39, 0.29) is 27.3 Å². The third kappa shape index (κ3) is 18.2. The van der Waals surface area contributed by atoms with Gasteiger partial charge in [-0.05, 0) is 136 Å². The minimum Gasteiger partial charge on any atom is -0.547 e. The Bertz CT molecular complexity index is 196. The summed E-state index contributed by atoms with van der Waals surface area (Å²) in [5.41, 5.74) is 0. The molecule has 0 fully saturated rings. The summed E-state index contributed by atoms with van der Waals surface area (Å²) in [6.07, 6.45) is 0. The van der Waals surface area contributed by atoms with Gasteiger partial charge in [0.05, 0.1) is 11.9 Å². The van der Waals surface area contributed by atoms with Gasteiger partial charge in [0.15, 0.2) is -1.13 Å². The Kier molecular flexibility index (Phi) is 17.7. The van der Waals surface area contributed by atoms with E-state index in [2.05, 4.69) is 0 Å². The Morgan fingerprint density at radius 1 is 0.733 bits per heavy atom. The Hall–Kier alpha value is 4.24. The van der Waals surface area contributed by atoms with Crippen molar-refractivity contribution in [3.63, 3.8) is 0 Å². The Balaban J connectivity index is -0.000000180. The van der Waals surface area contributed by atoms with E-state index >= 15 is 0 Å². The van der Waals surface area contributed by atoms with Crippen molar-refractivity contribution in [2.75, 3.05) is 0 Å². The van der Waals surface area contributed by atoms with Gasteiger partial charge in [-0.1, -0.05) is 0 Å². The molecule has 0 bridgehead atoms. The molecule has 0 unspecified atom stereocenters. The van der Waals surface area contributed by atoms with E-state index in [1.54, 1.807) is 136 Å². The maximum atomic E-state index is 9.89. The zero-order valence-corrected chi connectivity index (χ0v) is 23.6. The van der Waals surface area contributed by atoms with Crippen LogP contribution in [-0.4, -0.2) is 10.8 Å². The summed E-state index contributed by atoms with van der Waals surface area (Å²) in [6.45, 7) is 0. The minimum absolute atomic E-state index is 0. The molecule has 0 saturated heterocycles. The topological polar surface area (TPSA) is 80.3 Å². The first kappa shape index (κ1) is 24.3. The molecule has 0 radical (unpaired) electrons. The van der Waals surface area contributed by atoms with E-state index in [1.807, 2.05) is 0 Å². The number of hydrogen-bond donors (Lipinski definition) is 0. The summed E-state index contributed by atoms with van der Waals surface area (Å²) in [5.74, 6) is -2.09. The molecule has 11 heteroatoms. The standard InChI is InChI=1S/2C2HI3O2.Cd/c2*3-2(4,5)1(6)7;/h2*(H,6,7);/q;;+2/p-2. The monoisotopic (exact) mass is 987 g/mol. The molecule has 0 rings (SSSR count). The second kappa shape index (κ2) is 11.0. The molecule has 84 valence electrons. The molecule has 0 N–H and O–H groups in total. The van der Waals surface area contributed by atoms with Crippen molar-refractivity contribution in [1.82, 2.24) is 0 Å². The van der Waals surface area contributed by atoms with Crippen LogP contribution in [0.2, 0.25) is 0 Å². The fourth-order valence-corrected chi connectivity index (χ4v) is 0. The van der Waals surface area contributed by atoms with Gasteiger partial charge in [0.2, 0.25) is 0 Å². The second-order valence-corrected chi connectivity index (χ2v) is 23.7. The number of carboxylic acid groups (broad SMARTS) is 2. The van der Waals surface area contributed by atoms with Crippen LogP contribution >= 0.6 is 136 Å². The summed E-state index contributed by atoms with van der Waals surface area (Å²) in [4.78, 5) is 19.8. The number of carbonyl (C=O) groups excluding carboxylic acids is 2. The van der Waals surface area contributed by atoms with Crippen molar-refractivity contribution in [3.8, 4) is 0 Å². The number of hydrogen-bond acceptors (Lipinski definition) is 4. The summed E-state index contributed by atoms with van der Waals surface area (Å²) >= 11 is 10.7. The van der Waals surface area contributed by atoms with Crippen molar-refractivity contribution in [2.45, 2.75) is -1.13 Å². The van der Waals surface area contributed by atoms with Crippen LogP contribution in [0, 0.1) is 0 Å². The van der Waals surface area contributed by atoms with E-state index in [0.29, 0.717) is 0 Å². The number of rotatable bonds is 2. The number of carbonyl (C=O) groups is 2. The van der Waals surface area contributed by atoms with Crippen LogP contribution in [0.15, 0.2) is 0 Å². The van der Waals surface area contributed by atoms with E-state index < -0.39 is 10.8 Å². The largest absolute Gasteiger partial charge is 2.00 e. The van der Waals surface area contributed by atoms with E-state index in [4.69, 9.17) is 0 Å². The van der Waals surface area contributed by atoms with Crippen LogP contribution in [0.4, 0.5) is 0 Å². The number of aliphatic carboxylic acids is 2. The van der Waals surface area contributed by atoms with Crippen LogP contribution in [-0.2, 0) is 36.9 Å². The number of halogens is 6. The van der Waals surface area contributed by atoms with Crippen molar-refractivity contribution >= 4 is 147 Å². The molecule has 0 spiro atoms. The normalized spacial score (nSPS) is 10.5. The molecule has 0 aromatic carbocycles. The summed E-state index contributed by atoms with van der Waals surface area (Å²) in [6, 6.07) is 0. The smallest absolute Gasteiger partial charge is 0.547 e. The van der Waals surface area contributed by atoms with Crippen molar-refractivity contribution < 1.29 is 47.1 Å². The first-order valence-corrected chi connectivity index (χ1v) is 8.92. The van der Waals surface area contributed by atoms with Gasteiger partial charge in [0, 0.05) is 0 Å². The quantitative estimate of drug-likeness (QED) is 0.239. The fourth-order valence-electron chi connectivity index (χ4n) is 0. The van der Waals surface area contributed by atoms with Gasteiger partial charge in [-0.2, -0.15) is 0 Å². The van der Waals surface area contributed by atoms with Gasteiger partial charge in [-0.25, -0.2) is 0 Å². The van der Waals surface area contributed by atoms with Gasteiger partial charge < -0.3 is 19.8 Å². The fraction of sp³-hybridized carbons (Fsp3) is 0.500. The summed E-state index contributed by atoms with van der Waals surface area (Å²) < 4.78 is -1.57. The van der Waals surface area contributed by atoms with Crippen LogP contribution in [0.3, 0.4) is 0 Å². The molecular formula is C4CdI6O4. The van der Waals surface area contributed by atoms with Crippen LogP contribution in [0.1, 0.15) is 0 Å². The van der Waals surface area contributed by atoms with E-state index in [1.165, 1.54) is 0 Å². The minimum atomic E-state index is -1.05. The molecule has 15 heavy (non-hydrogen) atoms. The first-order valence-electron chi connectivity index (χ1n) is 2.45. The SMILES string of the molecule is O=C([O-])C(I)(I)I.O=C([O-])C(I)(I)I.[Cd+2]. The van der Waals surface area contributed by atoms with Gasteiger partial charge in [0.25, 0.3) is 0 Å². The zero-order chi connectivity index (χ0) is 12.2. The molecule has 0 amide bonds. The summed E-state index contributed by atoms with van der Waals surface area (Å²) in [7, 11) is 0. The maximum absolute atomic E-state index is 9.89. The molecular weight excluding hydrogens is 986 g/mol. The number of alkyl halides is 6. The van der Waals surface area contributed by atoms with Gasteiger partial charge in [0.1, 0.15) is 0 Å². The molecule has 4 nitrogen and oxygen atoms in total. The predicted octanol–water partition coefficient (Wildman–Crippen LogP) is 1.39. The van der Waals surface area contributed by atoms with Crippen molar-refractivity contribution in [3.05, 3.63) is 0 Å². The van der Waals surface area contributed by atoms with E-state index in [0.717, 1.165) is 0 Å². The molecule has 0 saturated carbocycles. The zero-order valence-electron chi connectivity index (χ0n) is 6.61. The molecule has 0 heterocycles. The summed E-state index contributed by atoms with van der Waals surface area (Å²) in [5, 5.41) is 19.8. The predicted molar refractivity (Wildman–Crippen MR) is 99.6 cm³/mol. The van der Waals surface area contributed by atoms with Crippen LogP contribution < -0.4 is 10.2 Å². The van der Waals surface area contributed by atoms with Crippen LogP contribution in [0.5, 0.6) is 0 Å². The maximum Gasteiger partial charge on any atom is 2.00 e. The Labute approximate surface area is 189 Å².